The molecule has 25 heavy (non-hydrogen) atoms. The van der Waals surface area contributed by atoms with E-state index in [0.29, 0.717) is 6.04 Å². The number of hydrogen-bond acceptors (Lipinski definition) is 4. The van der Waals surface area contributed by atoms with Crippen LogP contribution in [0.15, 0.2) is 36.9 Å². The molecule has 0 aromatic carbocycles. The molecule has 0 unspecified atom stereocenters. The highest BCUT2D eigenvalue weighted by molar-refractivity contribution is 5.48. The van der Waals surface area contributed by atoms with E-state index in [4.69, 9.17) is 4.74 Å². The third-order valence-corrected chi connectivity index (χ3v) is 4.98. The van der Waals surface area contributed by atoms with Gasteiger partial charge in [-0.2, -0.15) is 5.10 Å². The van der Waals surface area contributed by atoms with E-state index in [1.54, 1.807) is 0 Å². The van der Waals surface area contributed by atoms with Gasteiger partial charge in [-0.1, -0.05) is 6.07 Å². The van der Waals surface area contributed by atoms with Gasteiger partial charge in [0.05, 0.1) is 18.1 Å². The van der Waals surface area contributed by atoms with E-state index in [1.165, 1.54) is 11.3 Å². The number of aromatic nitrogens is 4. The van der Waals surface area contributed by atoms with E-state index in [-0.39, 0.29) is 6.10 Å². The van der Waals surface area contributed by atoms with Crippen LogP contribution in [0, 0.1) is 6.92 Å². The number of pyridine rings is 1. The number of imidazole rings is 1. The maximum absolute atomic E-state index is 6.07. The minimum Gasteiger partial charge on any atom is -0.372 e. The number of nitrogens with zero attached hydrogens (tertiary/aromatic N) is 4. The third kappa shape index (κ3) is 3.19. The number of ether oxygens (including phenoxy) is 1. The van der Waals surface area contributed by atoms with Crippen molar-refractivity contribution in [1.29, 1.82) is 0 Å². The normalized spacial score (nSPS) is 21.0. The highest BCUT2D eigenvalue weighted by Gasteiger charge is 2.28. The topological polar surface area (TPSA) is 56.4 Å². The predicted octanol–water partition coefficient (Wildman–Crippen LogP) is 2.87. The summed E-state index contributed by atoms with van der Waals surface area (Å²) in [5.41, 5.74) is 4.56. The molecular weight excluding hydrogens is 314 g/mol. The van der Waals surface area contributed by atoms with Crippen molar-refractivity contribution in [2.45, 2.75) is 51.9 Å². The van der Waals surface area contributed by atoms with Crippen LogP contribution in [-0.4, -0.2) is 31.8 Å². The zero-order chi connectivity index (χ0) is 17.2. The number of hydrogen-bond donors (Lipinski definition) is 1. The third-order valence-electron chi connectivity index (χ3n) is 4.98. The van der Waals surface area contributed by atoms with Crippen LogP contribution in [0.3, 0.4) is 0 Å². The Morgan fingerprint density at radius 1 is 1.36 bits per heavy atom. The van der Waals surface area contributed by atoms with Gasteiger partial charge in [0.25, 0.3) is 0 Å². The summed E-state index contributed by atoms with van der Waals surface area (Å²) in [6.07, 6.45) is 10.3. The van der Waals surface area contributed by atoms with Gasteiger partial charge in [-0.3, -0.25) is 4.68 Å². The van der Waals surface area contributed by atoms with Crippen LogP contribution in [0.2, 0.25) is 0 Å². The molecule has 2 atom stereocenters. The molecule has 0 aliphatic carbocycles. The fourth-order valence-electron chi connectivity index (χ4n) is 3.59. The molecule has 4 heterocycles. The molecule has 0 radical (unpaired) electrons. The van der Waals surface area contributed by atoms with Crippen LogP contribution < -0.4 is 5.32 Å². The smallest absolute Gasteiger partial charge is 0.139 e. The van der Waals surface area contributed by atoms with Gasteiger partial charge in [-0.25, -0.2) is 4.98 Å². The van der Waals surface area contributed by atoms with E-state index < -0.39 is 0 Å². The minimum absolute atomic E-state index is 0.0648. The van der Waals surface area contributed by atoms with Gasteiger partial charge in [0.1, 0.15) is 11.8 Å². The molecule has 0 bridgehead atoms. The first-order valence-electron chi connectivity index (χ1n) is 9.05. The number of rotatable bonds is 5. The largest absolute Gasteiger partial charge is 0.372 e. The molecule has 6 heteroatoms. The van der Waals surface area contributed by atoms with Crippen molar-refractivity contribution >= 4 is 5.65 Å². The second-order valence-corrected chi connectivity index (χ2v) is 6.68. The van der Waals surface area contributed by atoms with E-state index in [9.17, 15) is 0 Å². The van der Waals surface area contributed by atoms with Crippen molar-refractivity contribution in [2.24, 2.45) is 0 Å². The lowest BCUT2D eigenvalue weighted by Crippen LogP contribution is -2.39. The van der Waals surface area contributed by atoms with Crippen molar-refractivity contribution in [1.82, 2.24) is 24.5 Å². The molecule has 3 aromatic rings. The zero-order valence-corrected chi connectivity index (χ0v) is 14.9. The van der Waals surface area contributed by atoms with Crippen LogP contribution in [0.5, 0.6) is 0 Å². The van der Waals surface area contributed by atoms with Gasteiger partial charge in [0.15, 0.2) is 0 Å². The summed E-state index contributed by atoms with van der Waals surface area (Å²) < 4.78 is 10.2. The van der Waals surface area contributed by atoms with Crippen molar-refractivity contribution in [3.63, 3.8) is 0 Å². The second-order valence-electron chi connectivity index (χ2n) is 6.68. The summed E-state index contributed by atoms with van der Waals surface area (Å²) in [6.45, 7) is 6.66. The molecule has 1 fully saturated rings. The first-order chi connectivity index (χ1) is 12.3. The molecule has 132 valence electrons. The number of nitrogens with one attached hydrogen (secondary N) is 1. The molecule has 1 N–H and O–H groups in total. The first kappa shape index (κ1) is 16.3. The standard InChI is InChI=1S/C19H25N5O/c1-3-23-13-15(10-22-23)18-17(7-5-9-25-18)20-11-16-12-21-19-14(2)6-4-8-24(16)19/h4,6,8,10,12-13,17-18,20H,3,5,7,9,11H2,1-2H3/t17-,18+/m0/s1. The van der Waals surface area contributed by atoms with Crippen LogP contribution in [0.1, 0.15) is 42.7 Å². The van der Waals surface area contributed by atoms with Crippen molar-refractivity contribution in [3.05, 3.63) is 53.7 Å². The lowest BCUT2D eigenvalue weighted by atomic mass is 9.98. The fraction of sp³-hybridized carbons (Fsp3) is 0.474. The summed E-state index contributed by atoms with van der Waals surface area (Å²) >= 11 is 0. The maximum atomic E-state index is 6.07. The van der Waals surface area contributed by atoms with Gasteiger partial charge >= 0.3 is 0 Å². The molecule has 0 amide bonds. The molecule has 3 aromatic heterocycles. The van der Waals surface area contributed by atoms with E-state index >= 15 is 0 Å². The van der Waals surface area contributed by atoms with Gasteiger partial charge in [-0.05, 0) is 38.3 Å². The first-order valence-corrected chi connectivity index (χ1v) is 9.05. The van der Waals surface area contributed by atoms with Gasteiger partial charge in [0.2, 0.25) is 0 Å². The quantitative estimate of drug-likeness (QED) is 0.776. The van der Waals surface area contributed by atoms with Gasteiger partial charge in [-0.15, -0.1) is 0 Å². The number of aryl methyl sites for hydroxylation is 2. The molecule has 0 spiro atoms. The Morgan fingerprint density at radius 3 is 3.12 bits per heavy atom. The average Bonchev–Trinajstić information content (AvgIpc) is 3.28. The average molecular weight is 339 g/mol. The summed E-state index contributed by atoms with van der Waals surface area (Å²) in [7, 11) is 0. The molecular formula is C19H25N5O. The highest BCUT2D eigenvalue weighted by Crippen LogP contribution is 2.28. The number of fused-ring (bicyclic) bond motifs is 1. The van der Waals surface area contributed by atoms with Crippen molar-refractivity contribution < 1.29 is 4.74 Å². The summed E-state index contributed by atoms with van der Waals surface area (Å²) in [5, 5.41) is 8.09. The minimum atomic E-state index is 0.0648. The lowest BCUT2D eigenvalue weighted by Gasteiger charge is -2.32. The van der Waals surface area contributed by atoms with Crippen LogP contribution in [0.4, 0.5) is 0 Å². The van der Waals surface area contributed by atoms with Crippen LogP contribution >= 0.6 is 0 Å². The zero-order valence-electron chi connectivity index (χ0n) is 14.9. The molecule has 0 saturated carbocycles. The fourth-order valence-corrected chi connectivity index (χ4v) is 3.59. The van der Waals surface area contributed by atoms with E-state index in [1.807, 2.05) is 17.1 Å². The summed E-state index contributed by atoms with van der Waals surface area (Å²) in [4.78, 5) is 4.55. The molecule has 4 rings (SSSR count). The van der Waals surface area contributed by atoms with Crippen LogP contribution in [0.25, 0.3) is 5.65 Å². The van der Waals surface area contributed by atoms with Gasteiger partial charge in [0, 0.05) is 43.7 Å². The Balaban J connectivity index is 1.50. The summed E-state index contributed by atoms with van der Waals surface area (Å²) in [5.74, 6) is 0. The van der Waals surface area contributed by atoms with Crippen molar-refractivity contribution in [2.75, 3.05) is 6.61 Å². The Labute approximate surface area is 147 Å². The molecule has 1 aliphatic heterocycles. The Morgan fingerprint density at radius 2 is 2.28 bits per heavy atom. The molecule has 6 nitrogen and oxygen atoms in total. The lowest BCUT2D eigenvalue weighted by molar-refractivity contribution is -0.0113. The molecule has 1 aliphatic rings. The Kier molecular flexibility index (Phi) is 4.55. The highest BCUT2D eigenvalue weighted by atomic mass is 16.5. The van der Waals surface area contributed by atoms with E-state index in [2.05, 4.69) is 58.2 Å². The monoisotopic (exact) mass is 339 g/mol. The van der Waals surface area contributed by atoms with Gasteiger partial charge < -0.3 is 14.5 Å². The predicted molar refractivity (Wildman–Crippen MR) is 96.4 cm³/mol. The second kappa shape index (κ2) is 6.98. The van der Waals surface area contributed by atoms with E-state index in [0.717, 1.165) is 43.7 Å². The Hall–Kier alpha value is -2.18. The summed E-state index contributed by atoms with van der Waals surface area (Å²) in [6, 6.07) is 4.45. The SMILES string of the molecule is CCn1cc([C@H]2OCCC[C@@H]2NCc2cnc3c(C)cccn23)cn1. The maximum Gasteiger partial charge on any atom is 0.139 e. The molecule has 1 saturated heterocycles. The van der Waals surface area contributed by atoms with Crippen LogP contribution in [-0.2, 0) is 17.8 Å². The Bertz CT molecular complexity index is 852. The van der Waals surface area contributed by atoms with Crippen molar-refractivity contribution in [3.8, 4) is 0 Å².